The Morgan fingerprint density at radius 1 is 1.10 bits per heavy atom. The van der Waals surface area contributed by atoms with Crippen molar-refractivity contribution in [3.8, 4) is 5.75 Å². The van der Waals surface area contributed by atoms with Crippen molar-refractivity contribution in [1.29, 1.82) is 0 Å². The van der Waals surface area contributed by atoms with Gasteiger partial charge in [0.25, 0.3) is 0 Å². The summed E-state index contributed by atoms with van der Waals surface area (Å²) in [6, 6.07) is 16.7. The summed E-state index contributed by atoms with van der Waals surface area (Å²) in [5.74, 6) is 1.65. The van der Waals surface area contributed by atoms with E-state index in [0.29, 0.717) is 5.92 Å². The molecule has 0 spiro atoms. The first-order valence-corrected chi connectivity index (χ1v) is 11.2. The highest BCUT2D eigenvalue weighted by Gasteiger charge is 2.27. The number of rotatable bonds is 8. The van der Waals surface area contributed by atoms with Gasteiger partial charge in [0.15, 0.2) is 0 Å². The van der Waals surface area contributed by atoms with Crippen molar-refractivity contribution in [2.45, 2.75) is 52.6 Å². The second-order valence-electron chi connectivity index (χ2n) is 8.94. The summed E-state index contributed by atoms with van der Waals surface area (Å²) in [5, 5.41) is 3.35. The quantitative estimate of drug-likeness (QED) is 0.659. The molecule has 1 aliphatic heterocycles. The predicted molar refractivity (Wildman–Crippen MR) is 123 cm³/mol. The number of ether oxygens (including phenoxy) is 1. The summed E-state index contributed by atoms with van der Waals surface area (Å²) in [6.07, 6.45) is 2.79. The molecular formula is C26H36N2O2. The molecule has 30 heavy (non-hydrogen) atoms. The van der Waals surface area contributed by atoms with Gasteiger partial charge >= 0.3 is 0 Å². The lowest BCUT2D eigenvalue weighted by atomic mass is 9.92. The van der Waals surface area contributed by atoms with Crippen molar-refractivity contribution in [1.82, 2.24) is 10.2 Å². The minimum absolute atomic E-state index is 0.0494. The fourth-order valence-electron chi connectivity index (χ4n) is 4.26. The third kappa shape index (κ3) is 6.09. The molecule has 1 aliphatic rings. The third-order valence-electron chi connectivity index (χ3n) is 6.16. The average molecular weight is 409 g/mol. The zero-order valence-corrected chi connectivity index (χ0v) is 18.9. The van der Waals surface area contributed by atoms with Crippen LogP contribution < -0.4 is 10.1 Å². The minimum atomic E-state index is 0.0494. The van der Waals surface area contributed by atoms with E-state index in [0.717, 1.165) is 50.2 Å². The van der Waals surface area contributed by atoms with E-state index in [1.54, 1.807) is 7.11 Å². The first-order valence-electron chi connectivity index (χ1n) is 11.2. The number of methoxy groups -OCH3 is 1. The normalized spacial score (nSPS) is 16.4. The van der Waals surface area contributed by atoms with Crippen LogP contribution in [-0.2, 0) is 11.3 Å². The molecule has 4 nitrogen and oxygen atoms in total. The summed E-state index contributed by atoms with van der Waals surface area (Å²) >= 11 is 0. The van der Waals surface area contributed by atoms with Crippen molar-refractivity contribution in [2.75, 3.05) is 20.2 Å². The summed E-state index contributed by atoms with van der Waals surface area (Å²) < 4.78 is 5.27. The maximum absolute atomic E-state index is 13.1. The smallest absolute Gasteiger partial charge is 0.223 e. The lowest BCUT2D eigenvalue weighted by Gasteiger charge is -2.32. The number of benzene rings is 2. The van der Waals surface area contributed by atoms with E-state index in [4.69, 9.17) is 4.74 Å². The number of nitrogens with zero attached hydrogens (tertiary/aromatic N) is 1. The van der Waals surface area contributed by atoms with Gasteiger partial charge in [-0.15, -0.1) is 0 Å². The number of nitrogens with one attached hydrogen (secondary N) is 1. The zero-order chi connectivity index (χ0) is 21.5. The Morgan fingerprint density at radius 2 is 1.77 bits per heavy atom. The molecule has 0 saturated carbocycles. The number of hydrogen-bond acceptors (Lipinski definition) is 3. The number of piperidine rings is 1. The van der Waals surface area contributed by atoms with Crippen molar-refractivity contribution in [2.24, 2.45) is 11.8 Å². The second kappa shape index (κ2) is 10.6. The molecule has 0 radical (unpaired) electrons. The molecule has 2 aromatic rings. The van der Waals surface area contributed by atoms with Crippen LogP contribution >= 0.6 is 0 Å². The van der Waals surface area contributed by atoms with Crippen LogP contribution in [0.4, 0.5) is 0 Å². The van der Waals surface area contributed by atoms with Crippen molar-refractivity contribution >= 4 is 5.91 Å². The minimum Gasteiger partial charge on any atom is -0.497 e. The molecular weight excluding hydrogens is 372 g/mol. The van der Waals surface area contributed by atoms with Gasteiger partial charge in [0.2, 0.25) is 5.91 Å². The van der Waals surface area contributed by atoms with Crippen LogP contribution in [-0.4, -0.2) is 31.0 Å². The Labute approximate surface area is 181 Å². The van der Waals surface area contributed by atoms with Crippen LogP contribution in [0.15, 0.2) is 48.5 Å². The molecule has 0 aromatic heterocycles. The van der Waals surface area contributed by atoms with Crippen LogP contribution in [0.3, 0.4) is 0 Å². The summed E-state index contributed by atoms with van der Waals surface area (Å²) in [5.41, 5.74) is 3.88. The van der Waals surface area contributed by atoms with E-state index in [9.17, 15) is 4.79 Å². The van der Waals surface area contributed by atoms with E-state index >= 15 is 0 Å². The van der Waals surface area contributed by atoms with Gasteiger partial charge in [0.05, 0.1) is 13.2 Å². The van der Waals surface area contributed by atoms with Gasteiger partial charge in [-0.05, 0) is 74.0 Å². The average Bonchev–Trinajstić information content (AvgIpc) is 2.75. The van der Waals surface area contributed by atoms with Gasteiger partial charge < -0.3 is 10.1 Å². The second-order valence-corrected chi connectivity index (χ2v) is 8.94. The fraction of sp³-hybridized carbons (Fsp3) is 0.500. The van der Waals surface area contributed by atoms with E-state index in [2.05, 4.69) is 67.4 Å². The van der Waals surface area contributed by atoms with E-state index in [1.807, 2.05) is 12.1 Å². The topological polar surface area (TPSA) is 41.6 Å². The van der Waals surface area contributed by atoms with E-state index in [-0.39, 0.29) is 17.9 Å². The van der Waals surface area contributed by atoms with Crippen LogP contribution in [0.5, 0.6) is 5.75 Å². The maximum Gasteiger partial charge on any atom is 0.223 e. The molecule has 1 fully saturated rings. The van der Waals surface area contributed by atoms with Crippen molar-refractivity contribution in [3.63, 3.8) is 0 Å². The lowest BCUT2D eigenvalue weighted by molar-refractivity contribution is -0.127. The standard InChI is InChI=1S/C26H36N2O2/c1-19(2)17-25(21-9-11-24(30-4)12-10-21)27-26(29)22-13-15-28(16-14-22)18-23-8-6-5-7-20(23)3/h5-12,19,22,25H,13-18H2,1-4H3,(H,27,29). The van der Waals surface area contributed by atoms with Crippen LogP contribution in [0, 0.1) is 18.8 Å². The Bertz CT molecular complexity index is 808. The van der Waals surface area contributed by atoms with Gasteiger partial charge in [-0.3, -0.25) is 9.69 Å². The Kier molecular flexibility index (Phi) is 7.92. The first kappa shape index (κ1) is 22.4. The van der Waals surface area contributed by atoms with E-state index < -0.39 is 0 Å². The van der Waals surface area contributed by atoms with Gasteiger partial charge in [-0.1, -0.05) is 50.2 Å². The predicted octanol–water partition coefficient (Wildman–Crippen LogP) is 5.12. The molecule has 1 amide bonds. The maximum atomic E-state index is 13.1. The number of carbonyl (C=O) groups is 1. The van der Waals surface area contributed by atoms with Crippen LogP contribution in [0.25, 0.3) is 0 Å². The molecule has 1 N–H and O–H groups in total. The molecule has 1 atom stereocenters. The van der Waals surface area contributed by atoms with Gasteiger partial charge in [-0.2, -0.15) is 0 Å². The SMILES string of the molecule is COc1ccc(C(CC(C)C)NC(=O)C2CCN(Cc3ccccc3C)CC2)cc1. The number of likely N-dealkylation sites (tertiary alicyclic amines) is 1. The highest BCUT2D eigenvalue weighted by Crippen LogP contribution is 2.26. The largest absolute Gasteiger partial charge is 0.497 e. The monoisotopic (exact) mass is 408 g/mol. The molecule has 0 aliphatic carbocycles. The van der Waals surface area contributed by atoms with Gasteiger partial charge in [0.1, 0.15) is 5.75 Å². The fourth-order valence-corrected chi connectivity index (χ4v) is 4.26. The first-order chi connectivity index (χ1) is 14.5. The molecule has 4 heteroatoms. The Balaban J connectivity index is 1.56. The van der Waals surface area contributed by atoms with Crippen LogP contribution in [0.2, 0.25) is 0 Å². The van der Waals surface area contributed by atoms with Crippen molar-refractivity contribution in [3.05, 3.63) is 65.2 Å². The number of aryl methyl sites for hydroxylation is 1. The zero-order valence-electron chi connectivity index (χ0n) is 18.9. The van der Waals surface area contributed by atoms with Gasteiger partial charge in [0, 0.05) is 12.5 Å². The Morgan fingerprint density at radius 3 is 2.37 bits per heavy atom. The highest BCUT2D eigenvalue weighted by atomic mass is 16.5. The number of carbonyl (C=O) groups excluding carboxylic acids is 1. The molecule has 2 aromatic carbocycles. The number of hydrogen-bond donors (Lipinski definition) is 1. The molecule has 3 rings (SSSR count). The molecule has 162 valence electrons. The van der Waals surface area contributed by atoms with E-state index in [1.165, 1.54) is 11.1 Å². The summed E-state index contributed by atoms with van der Waals surface area (Å²) in [4.78, 5) is 15.5. The Hall–Kier alpha value is -2.33. The molecule has 0 bridgehead atoms. The van der Waals surface area contributed by atoms with Crippen LogP contribution in [0.1, 0.15) is 55.8 Å². The van der Waals surface area contributed by atoms with Crippen molar-refractivity contribution < 1.29 is 9.53 Å². The molecule has 1 heterocycles. The summed E-state index contributed by atoms with van der Waals surface area (Å²) in [6.45, 7) is 9.50. The summed E-state index contributed by atoms with van der Waals surface area (Å²) in [7, 11) is 1.67. The molecule has 1 unspecified atom stereocenters. The highest BCUT2D eigenvalue weighted by molar-refractivity contribution is 5.79. The molecule has 1 saturated heterocycles. The van der Waals surface area contributed by atoms with Gasteiger partial charge in [-0.25, -0.2) is 0 Å². The number of amides is 1. The lowest BCUT2D eigenvalue weighted by Crippen LogP contribution is -2.41. The third-order valence-corrected chi connectivity index (χ3v) is 6.16.